The van der Waals surface area contributed by atoms with Crippen molar-refractivity contribution in [2.45, 2.75) is 56.5 Å². The minimum Gasteiger partial charge on any atom is -0.305 e. The summed E-state index contributed by atoms with van der Waals surface area (Å²) in [6.45, 7) is 2.09. The average Bonchev–Trinajstić information content (AvgIpc) is 2.91. The second-order valence-electron chi connectivity index (χ2n) is 9.38. The Morgan fingerprint density at radius 1 is 0.788 bits per heavy atom. The number of benzene rings is 2. The van der Waals surface area contributed by atoms with E-state index in [2.05, 4.69) is 40.2 Å². The molecule has 2 aromatic carbocycles. The summed E-state index contributed by atoms with van der Waals surface area (Å²) < 4.78 is 0. The van der Waals surface area contributed by atoms with Crippen LogP contribution in [0.15, 0.2) is 85.2 Å². The zero-order valence-corrected chi connectivity index (χ0v) is 19.2. The van der Waals surface area contributed by atoms with Crippen LogP contribution in [-0.4, -0.2) is 41.0 Å². The molecule has 1 aromatic heterocycles. The van der Waals surface area contributed by atoms with Crippen LogP contribution in [0.2, 0.25) is 0 Å². The quantitative estimate of drug-likeness (QED) is 0.495. The van der Waals surface area contributed by atoms with E-state index in [0.717, 1.165) is 37.2 Å². The summed E-state index contributed by atoms with van der Waals surface area (Å²) in [5, 5.41) is 0. The number of likely N-dealkylation sites (tertiary alicyclic amines) is 1. The van der Waals surface area contributed by atoms with Crippen LogP contribution in [0.3, 0.4) is 0 Å². The SMILES string of the molecule is O=C(c1ccccc1)N(c1ccncc1)C1CCN(C2CCCCC2c2ccccc2)CC1. The molecule has 4 nitrogen and oxygen atoms in total. The Labute approximate surface area is 197 Å². The third kappa shape index (κ3) is 4.86. The van der Waals surface area contributed by atoms with E-state index >= 15 is 0 Å². The predicted octanol–water partition coefficient (Wildman–Crippen LogP) is 5.92. The number of anilines is 1. The summed E-state index contributed by atoms with van der Waals surface area (Å²) in [6, 6.07) is 25.5. The van der Waals surface area contributed by atoms with Gasteiger partial charge in [0.1, 0.15) is 0 Å². The van der Waals surface area contributed by atoms with Crippen molar-refractivity contribution in [1.29, 1.82) is 0 Å². The molecule has 1 saturated carbocycles. The highest BCUT2D eigenvalue weighted by atomic mass is 16.2. The Bertz CT molecular complexity index is 1020. The van der Waals surface area contributed by atoms with Crippen molar-refractivity contribution in [3.8, 4) is 0 Å². The lowest BCUT2D eigenvalue weighted by atomic mass is 9.78. The number of amides is 1. The molecule has 4 heteroatoms. The standard InChI is InChI=1S/C29H33N3O/c33-29(24-11-5-2-6-12-24)32(25-15-19-30-20-16-25)26-17-21-31(22-18-26)28-14-8-7-13-27(28)23-9-3-1-4-10-23/h1-6,9-12,15-16,19-20,26-28H,7-8,13-14,17-18,21-22H2. The van der Waals surface area contributed by atoms with Gasteiger partial charge in [-0.15, -0.1) is 0 Å². The third-order valence-corrected chi connectivity index (χ3v) is 7.47. The van der Waals surface area contributed by atoms with Gasteiger partial charge in [0.2, 0.25) is 0 Å². The summed E-state index contributed by atoms with van der Waals surface area (Å²) in [5.41, 5.74) is 3.17. The zero-order valence-electron chi connectivity index (χ0n) is 19.2. The van der Waals surface area contributed by atoms with Crippen LogP contribution in [-0.2, 0) is 0 Å². The highest BCUT2D eigenvalue weighted by molar-refractivity contribution is 6.06. The van der Waals surface area contributed by atoms with Gasteiger partial charge in [-0.25, -0.2) is 0 Å². The van der Waals surface area contributed by atoms with Gasteiger partial charge in [0.25, 0.3) is 5.91 Å². The predicted molar refractivity (Wildman–Crippen MR) is 134 cm³/mol. The van der Waals surface area contributed by atoms with Crippen LogP contribution in [0.1, 0.15) is 60.4 Å². The lowest BCUT2D eigenvalue weighted by Crippen LogP contribution is -2.51. The van der Waals surface area contributed by atoms with Gasteiger partial charge in [-0.1, -0.05) is 61.4 Å². The molecule has 2 heterocycles. The lowest BCUT2D eigenvalue weighted by Gasteiger charge is -2.45. The van der Waals surface area contributed by atoms with E-state index in [1.54, 1.807) is 12.4 Å². The summed E-state index contributed by atoms with van der Waals surface area (Å²) >= 11 is 0. The molecule has 0 bridgehead atoms. The molecule has 0 spiro atoms. The average molecular weight is 440 g/mol. The first-order valence-corrected chi connectivity index (χ1v) is 12.4. The van der Waals surface area contributed by atoms with Gasteiger partial charge in [0, 0.05) is 48.8 Å². The van der Waals surface area contributed by atoms with Crippen molar-refractivity contribution >= 4 is 11.6 Å². The number of carbonyl (C=O) groups excluding carboxylic acids is 1. The van der Waals surface area contributed by atoms with Gasteiger partial charge < -0.3 is 4.90 Å². The molecule has 1 aliphatic heterocycles. The molecule has 2 fully saturated rings. The van der Waals surface area contributed by atoms with Crippen molar-refractivity contribution in [2.24, 2.45) is 0 Å². The lowest BCUT2D eigenvalue weighted by molar-refractivity contribution is 0.0895. The minimum atomic E-state index is 0.0834. The molecule has 2 atom stereocenters. The third-order valence-electron chi connectivity index (χ3n) is 7.47. The smallest absolute Gasteiger partial charge is 0.258 e. The molecule has 0 radical (unpaired) electrons. The van der Waals surface area contributed by atoms with E-state index < -0.39 is 0 Å². The molecule has 0 N–H and O–H groups in total. The first kappa shape index (κ1) is 21.8. The highest BCUT2D eigenvalue weighted by Gasteiger charge is 2.36. The molecule has 2 unspecified atom stereocenters. The van der Waals surface area contributed by atoms with Crippen molar-refractivity contribution in [3.63, 3.8) is 0 Å². The molecule has 5 rings (SSSR count). The van der Waals surface area contributed by atoms with Crippen molar-refractivity contribution in [2.75, 3.05) is 18.0 Å². The number of aromatic nitrogens is 1. The molecule has 3 aromatic rings. The molecular weight excluding hydrogens is 406 g/mol. The fraction of sp³-hybridized carbons (Fsp3) is 0.379. The van der Waals surface area contributed by atoms with Crippen LogP contribution in [0, 0.1) is 0 Å². The number of piperidine rings is 1. The van der Waals surface area contributed by atoms with Crippen LogP contribution in [0.25, 0.3) is 0 Å². The summed E-state index contributed by atoms with van der Waals surface area (Å²) in [6.07, 6.45) is 10.8. The van der Waals surface area contributed by atoms with E-state index in [1.165, 1.54) is 31.2 Å². The van der Waals surface area contributed by atoms with Crippen LogP contribution < -0.4 is 4.90 Å². The summed E-state index contributed by atoms with van der Waals surface area (Å²) in [5.74, 6) is 0.707. The molecule has 1 saturated heterocycles. The van der Waals surface area contributed by atoms with Gasteiger partial charge in [0.15, 0.2) is 0 Å². The van der Waals surface area contributed by atoms with E-state index in [1.807, 2.05) is 47.4 Å². The molecule has 33 heavy (non-hydrogen) atoms. The Kier molecular flexibility index (Phi) is 6.82. The van der Waals surface area contributed by atoms with Gasteiger partial charge in [-0.05, 0) is 61.4 Å². The second-order valence-corrected chi connectivity index (χ2v) is 9.38. The Morgan fingerprint density at radius 2 is 1.42 bits per heavy atom. The maximum absolute atomic E-state index is 13.6. The summed E-state index contributed by atoms with van der Waals surface area (Å²) in [7, 11) is 0. The minimum absolute atomic E-state index is 0.0834. The topological polar surface area (TPSA) is 36.4 Å². The fourth-order valence-corrected chi connectivity index (χ4v) is 5.83. The van der Waals surface area contributed by atoms with Gasteiger partial charge in [0.05, 0.1) is 0 Å². The number of rotatable bonds is 5. The Balaban J connectivity index is 1.33. The van der Waals surface area contributed by atoms with Crippen molar-refractivity contribution < 1.29 is 4.79 Å². The van der Waals surface area contributed by atoms with Crippen molar-refractivity contribution in [1.82, 2.24) is 9.88 Å². The number of carbonyl (C=O) groups is 1. The van der Waals surface area contributed by atoms with Gasteiger partial charge in [-0.2, -0.15) is 0 Å². The normalized spacial score (nSPS) is 22.1. The van der Waals surface area contributed by atoms with E-state index in [9.17, 15) is 4.79 Å². The van der Waals surface area contributed by atoms with E-state index in [0.29, 0.717) is 12.0 Å². The number of nitrogens with zero attached hydrogens (tertiary/aromatic N) is 3. The Hall–Kier alpha value is -2.98. The van der Waals surface area contributed by atoms with Crippen LogP contribution >= 0.6 is 0 Å². The molecular formula is C29H33N3O. The number of hydrogen-bond acceptors (Lipinski definition) is 3. The maximum Gasteiger partial charge on any atom is 0.258 e. The zero-order chi connectivity index (χ0) is 22.5. The number of pyridine rings is 1. The fourth-order valence-electron chi connectivity index (χ4n) is 5.83. The first-order valence-electron chi connectivity index (χ1n) is 12.4. The largest absolute Gasteiger partial charge is 0.305 e. The summed E-state index contributed by atoms with van der Waals surface area (Å²) in [4.78, 5) is 22.5. The molecule has 170 valence electrons. The van der Waals surface area contributed by atoms with Crippen LogP contribution in [0.4, 0.5) is 5.69 Å². The van der Waals surface area contributed by atoms with Crippen LogP contribution in [0.5, 0.6) is 0 Å². The maximum atomic E-state index is 13.6. The van der Waals surface area contributed by atoms with Crippen molar-refractivity contribution in [3.05, 3.63) is 96.3 Å². The van der Waals surface area contributed by atoms with E-state index in [-0.39, 0.29) is 11.9 Å². The molecule has 2 aliphatic rings. The monoisotopic (exact) mass is 439 g/mol. The van der Waals surface area contributed by atoms with Gasteiger partial charge in [-0.3, -0.25) is 14.7 Å². The highest BCUT2D eigenvalue weighted by Crippen LogP contribution is 2.38. The van der Waals surface area contributed by atoms with E-state index in [4.69, 9.17) is 0 Å². The Morgan fingerprint density at radius 3 is 2.12 bits per heavy atom. The van der Waals surface area contributed by atoms with Gasteiger partial charge >= 0.3 is 0 Å². The molecule has 1 aliphatic carbocycles. The number of hydrogen-bond donors (Lipinski definition) is 0. The first-order chi connectivity index (χ1) is 16.3. The second kappa shape index (κ2) is 10.3. The molecule has 1 amide bonds.